The summed E-state index contributed by atoms with van der Waals surface area (Å²) in [5, 5.41) is 3.11. The molecule has 132 valence electrons. The SMILES string of the molecule is C[C@H]1[C@H](NC(=O)c2ccc(-c3cccc(N)c3F)o2)C2CCN1CC2. The predicted molar refractivity (Wildman–Crippen MR) is 93.5 cm³/mol. The molecule has 3 fully saturated rings. The highest BCUT2D eigenvalue weighted by atomic mass is 19.1. The van der Waals surface area contributed by atoms with Gasteiger partial charge in [-0.15, -0.1) is 0 Å². The van der Waals surface area contributed by atoms with Crippen molar-refractivity contribution in [1.29, 1.82) is 0 Å². The van der Waals surface area contributed by atoms with E-state index in [1.807, 2.05) is 0 Å². The average molecular weight is 343 g/mol. The lowest BCUT2D eigenvalue weighted by Crippen LogP contribution is -2.62. The highest BCUT2D eigenvalue weighted by Crippen LogP contribution is 2.33. The van der Waals surface area contributed by atoms with Crippen molar-refractivity contribution in [3.63, 3.8) is 0 Å². The fraction of sp³-hybridized carbons (Fsp3) is 0.421. The number of carbonyl (C=O) groups excluding carboxylic acids is 1. The maximum Gasteiger partial charge on any atom is 0.287 e. The molecule has 2 bridgehead atoms. The van der Waals surface area contributed by atoms with Gasteiger partial charge in [-0.1, -0.05) is 6.07 Å². The van der Waals surface area contributed by atoms with Gasteiger partial charge in [0, 0.05) is 12.1 Å². The summed E-state index contributed by atoms with van der Waals surface area (Å²) in [6, 6.07) is 8.38. The molecule has 1 aromatic heterocycles. The van der Waals surface area contributed by atoms with Crippen LogP contribution in [0.3, 0.4) is 0 Å². The minimum atomic E-state index is -0.533. The van der Waals surface area contributed by atoms with Gasteiger partial charge in [0.2, 0.25) is 0 Å². The summed E-state index contributed by atoms with van der Waals surface area (Å²) < 4.78 is 19.7. The number of nitrogens with two attached hydrogens (primary N) is 1. The Morgan fingerprint density at radius 3 is 2.76 bits per heavy atom. The molecule has 0 unspecified atom stereocenters. The molecule has 0 radical (unpaired) electrons. The number of carbonyl (C=O) groups is 1. The third-order valence-corrected chi connectivity index (χ3v) is 5.60. The highest BCUT2D eigenvalue weighted by molar-refractivity contribution is 5.92. The number of hydrogen-bond acceptors (Lipinski definition) is 4. The van der Waals surface area contributed by atoms with E-state index in [4.69, 9.17) is 10.2 Å². The molecule has 2 aromatic rings. The average Bonchev–Trinajstić information content (AvgIpc) is 3.11. The number of hydrogen-bond donors (Lipinski definition) is 2. The van der Waals surface area contributed by atoms with Crippen LogP contribution < -0.4 is 11.1 Å². The second kappa shape index (κ2) is 6.19. The van der Waals surface area contributed by atoms with Crippen molar-refractivity contribution in [2.75, 3.05) is 18.8 Å². The molecular formula is C19H22FN3O2. The molecule has 1 amide bonds. The second-order valence-corrected chi connectivity index (χ2v) is 6.99. The number of furan rings is 1. The van der Waals surface area contributed by atoms with Gasteiger partial charge in [0.15, 0.2) is 11.6 Å². The molecule has 6 heteroatoms. The molecule has 0 aliphatic carbocycles. The van der Waals surface area contributed by atoms with Gasteiger partial charge in [0.05, 0.1) is 11.3 Å². The zero-order valence-electron chi connectivity index (χ0n) is 14.2. The van der Waals surface area contributed by atoms with Crippen molar-refractivity contribution in [2.24, 2.45) is 5.92 Å². The lowest BCUT2D eigenvalue weighted by atomic mass is 9.79. The van der Waals surface area contributed by atoms with Crippen molar-refractivity contribution in [1.82, 2.24) is 10.2 Å². The van der Waals surface area contributed by atoms with E-state index in [0.717, 1.165) is 25.9 Å². The first-order chi connectivity index (χ1) is 12.0. The van der Waals surface area contributed by atoms with Gasteiger partial charge in [0.1, 0.15) is 5.76 Å². The number of benzene rings is 1. The van der Waals surface area contributed by atoms with Gasteiger partial charge in [-0.2, -0.15) is 0 Å². The maximum atomic E-state index is 14.1. The predicted octanol–water partition coefficient (Wildman–Crippen LogP) is 2.88. The van der Waals surface area contributed by atoms with Crippen LogP contribution in [0.1, 0.15) is 30.3 Å². The van der Waals surface area contributed by atoms with Crippen LogP contribution >= 0.6 is 0 Å². The molecule has 1 aromatic carbocycles. The number of piperidine rings is 3. The quantitative estimate of drug-likeness (QED) is 0.841. The Labute approximate surface area is 146 Å². The zero-order valence-corrected chi connectivity index (χ0v) is 14.2. The molecule has 3 N–H and O–H groups in total. The molecular weight excluding hydrogens is 321 g/mol. The second-order valence-electron chi connectivity index (χ2n) is 6.99. The number of rotatable bonds is 3. The molecule has 2 atom stereocenters. The number of amides is 1. The van der Waals surface area contributed by atoms with Crippen LogP contribution in [0, 0.1) is 11.7 Å². The van der Waals surface area contributed by atoms with E-state index in [2.05, 4.69) is 17.1 Å². The van der Waals surface area contributed by atoms with Crippen LogP contribution in [0.4, 0.5) is 10.1 Å². The van der Waals surface area contributed by atoms with Gasteiger partial charge in [-0.3, -0.25) is 9.69 Å². The van der Waals surface area contributed by atoms with Gasteiger partial charge >= 0.3 is 0 Å². The van der Waals surface area contributed by atoms with Gasteiger partial charge < -0.3 is 15.5 Å². The summed E-state index contributed by atoms with van der Waals surface area (Å²) >= 11 is 0. The Bertz CT molecular complexity index is 794. The maximum absolute atomic E-state index is 14.1. The summed E-state index contributed by atoms with van der Waals surface area (Å²) in [6.45, 7) is 4.38. The third-order valence-electron chi connectivity index (χ3n) is 5.60. The largest absolute Gasteiger partial charge is 0.451 e. The lowest BCUT2D eigenvalue weighted by molar-refractivity contribution is 0.0211. The standard InChI is InChI=1S/C19H22FN3O2/c1-11-18(12-7-9-23(11)10-8-12)22-19(24)16-6-5-15(25-16)13-3-2-4-14(21)17(13)20/h2-6,11-12,18H,7-10,21H2,1H3,(H,22,24)/t11-,18-/m0/s1. The van der Waals surface area contributed by atoms with Crippen molar-refractivity contribution in [2.45, 2.75) is 31.8 Å². The number of halogens is 1. The summed E-state index contributed by atoms with van der Waals surface area (Å²) in [5.41, 5.74) is 5.91. The summed E-state index contributed by atoms with van der Waals surface area (Å²) in [5.74, 6) is 0.234. The van der Waals surface area contributed by atoms with Crippen LogP contribution in [0.5, 0.6) is 0 Å². The van der Waals surface area contributed by atoms with E-state index < -0.39 is 5.82 Å². The van der Waals surface area contributed by atoms with E-state index in [1.165, 1.54) is 6.07 Å². The van der Waals surface area contributed by atoms with Crippen LogP contribution in [0.15, 0.2) is 34.7 Å². The van der Waals surface area contributed by atoms with Gasteiger partial charge in [0.25, 0.3) is 5.91 Å². The minimum Gasteiger partial charge on any atom is -0.451 e. The normalized spacial score (nSPS) is 28.1. The topological polar surface area (TPSA) is 71.5 Å². The van der Waals surface area contributed by atoms with Gasteiger partial charge in [-0.25, -0.2) is 4.39 Å². The van der Waals surface area contributed by atoms with E-state index >= 15 is 0 Å². The smallest absolute Gasteiger partial charge is 0.287 e. The van der Waals surface area contributed by atoms with Crippen LogP contribution in [-0.4, -0.2) is 36.0 Å². The molecule has 25 heavy (non-hydrogen) atoms. The van der Waals surface area contributed by atoms with Crippen molar-refractivity contribution >= 4 is 11.6 Å². The summed E-state index contributed by atoms with van der Waals surface area (Å²) in [6.07, 6.45) is 2.24. The van der Waals surface area contributed by atoms with Crippen molar-refractivity contribution in [3.8, 4) is 11.3 Å². The molecule has 4 heterocycles. The van der Waals surface area contributed by atoms with E-state index in [0.29, 0.717) is 17.7 Å². The molecule has 3 aliphatic rings. The molecule has 5 nitrogen and oxygen atoms in total. The minimum absolute atomic E-state index is 0.0565. The first-order valence-corrected chi connectivity index (χ1v) is 8.73. The third kappa shape index (κ3) is 2.80. The number of anilines is 1. The Hall–Kier alpha value is -2.34. The number of nitrogens with one attached hydrogen (secondary N) is 1. The lowest BCUT2D eigenvalue weighted by Gasteiger charge is -2.49. The Morgan fingerprint density at radius 2 is 2.04 bits per heavy atom. The van der Waals surface area contributed by atoms with Crippen LogP contribution in [0.25, 0.3) is 11.3 Å². The Morgan fingerprint density at radius 1 is 1.28 bits per heavy atom. The van der Waals surface area contributed by atoms with Crippen LogP contribution in [0.2, 0.25) is 0 Å². The van der Waals surface area contributed by atoms with Crippen molar-refractivity contribution < 1.29 is 13.6 Å². The summed E-state index contributed by atoms with van der Waals surface area (Å²) in [7, 11) is 0. The fourth-order valence-corrected chi connectivity index (χ4v) is 4.11. The molecule has 3 aliphatic heterocycles. The molecule has 3 saturated heterocycles. The first-order valence-electron chi connectivity index (χ1n) is 8.73. The molecule has 0 saturated carbocycles. The molecule has 0 spiro atoms. The summed E-state index contributed by atoms with van der Waals surface area (Å²) in [4.78, 5) is 15.0. The highest BCUT2D eigenvalue weighted by Gasteiger charge is 2.40. The van der Waals surface area contributed by atoms with Crippen molar-refractivity contribution in [3.05, 3.63) is 41.9 Å². The number of nitrogen functional groups attached to an aromatic ring is 1. The van der Waals surface area contributed by atoms with Crippen LogP contribution in [-0.2, 0) is 0 Å². The Balaban J connectivity index is 1.52. The molecule has 5 rings (SSSR count). The van der Waals surface area contributed by atoms with Gasteiger partial charge in [-0.05, 0) is 63.0 Å². The van der Waals surface area contributed by atoms with E-state index in [1.54, 1.807) is 24.3 Å². The number of nitrogens with zero attached hydrogens (tertiary/aromatic N) is 1. The monoisotopic (exact) mass is 343 g/mol. The number of fused-ring (bicyclic) bond motifs is 3. The first kappa shape index (κ1) is 16.1. The van der Waals surface area contributed by atoms with E-state index in [-0.39, 0.29) is 29.0 Å². The van der Waals surface area contributed by atoms with E-state index in [9.17, 15) is 9.18 Å². The fourth-order valence-electron chi connectivity index (χ4n) is 4.11. The zero-order chi connectivity index (χ0) is 17.6. The Kier molecular flexibility index (Phi) is 4.00.